The van der Waals surface area contributed by atoms with Crippen LogP contribution in [0.3, 0.4) is 0 Å². The van der Waals surface area contributed by atoms with E-state index in [2.05, 4.69) is 68.4 Å². The molecule has 0 spiro atoms. The Kier molecular flexibility index (Phi) is 11.6. The van der Waals surface area contributed by atoms with E-state index in [1.54, 1.807) is 7.11 Å². The van der Waals surface area contributed by atoms with Gasteiger partial charge in [0.25, 0.3) is 0 Å². The zero-order chi connectivity index (χ0) is 40.8. The van der Waals surface area contributed by atoms with Crippen molar-refractivity contribution in [2.24, 2.45) is 0 Å². The summed E-state index contributed by atoms with van der Waals surface area (Å²) in [7, 11) is 11.1. The van der Waals surface area contributed by atoms with Gasteiger partial charge in [0.05, 0.1) is 25.5 Å². The number of carbonyl (C=O) groups is 1. The SMILES string of the molecule is COC(=O)c1c(C#Cc2ccc(N(C)C)cc2)c2cc3nc(c(OC)c4[n-]c(cc5nc(cc1[n-]2)CC5(C)C)c(C#Cc1ccc(N(C)C)cc1)c4C)CC3(C)C.[Cu+2]. The Balaban J connectivity index is 0.00000567. The van der Waals surface area contributed by atoms with Crippen molar-refractivity contribution in [2.45, 2.75) is 58.3 Å². The first kappa shape index (κ1) is 41.7. The summed E-state index contributed by atoms with van der Waals surface area (Å²) < 4.78 is 11.5. The van der Waals surface area contributed by atoms with Crippen LogP contribution in [0, 0.1) is 30.6 Å². The Morgan fingerprint density at radius 2 is 1.21 bits per heavy atom. The van der Waals surface area contributed by atoms with Gasteiger partial charge in [-0.3, -0.25) is 9.97 Å². The van der Waals surface area contributed by atoms with Gasteiger partial charge in [0.1, 0.15) is 5.75 Å². The van der Waals surface area contributed by atoms with E-state index in [0.29, 0.717) is 51.8 Å². The van der Waals surface area contributed by atoms with Gasteiger partial charge in [0.2, 0.25) is 0 Å². The summed E-state index contributed by atoms with van der Waals surface area (Å²) >= 11 is 0. The fourth-order valence-corrected chi connectivity index (χ4v) is 7.32. The molecule has 0 unspecified atom stereocenters. The van der Waals surface area contributed by atoms with Crippen LogP contribution in [0.2, 0.25) is 0 Å². The number of hydrogen-bond donors (Lipinski definition) is 0. The van der Waals surface area contributed by atoms with Crippen molar-refractivity contribution >= 4 is 39.4 Å². The predicted molar refractivity (Wildman–Crippen MR) is 229 cm³/mol. The maximum atomic E-state index is 13.7. The van der Waals surface area contributed by atoms with E-state index in [9.17, 15) is 4.79 Å². The molecule has 8 bridgehead atoms. The number of nitrogens with zero attached hydrogens (tertiary/aromatic N) is 6. The van der Waals surface area contributed by atoms with Gasteiger partial charge in [-0.15, -0.1) is 16.6 Å². The summed E-state index contributed by atoms with van der Waals surface area (Å²) in [5.41, 5.74) is 11.2. The molecule has 0 fully saturated rings. The van der Waals surface area contributed by atoms with Crippen LogP contribution >= 0.6 is 0 Å². The molecule has 5 heterocycles. The number of aryl methyl sites for hydroxylation is 1. The second-order valence-corrected chi connectivity index (χ2v) is 16.4. The van der Waals surface area contributed by atoms with Gasteiger partial charge in [-0.05, 0) is 61.0 Å². The smallest absolute Gasteiger partial charge is 0.656 e. The summed E-state index contributed by atoms with van der Waals surface area (Å²) in [5, 5.41) is 0. The Morgan fingerprint density at radius 3 is 1.74 bits per heavy atom. The number of anilines is 2. The van der Waals surface area contributed by atoms with Gasteiger partial charge in [0, 0.05) is 103 Å². The quantitative estimate of drug-likeness (QED) is 0.103. The predicted octanol–water partition coefficient (Wildman–Crippen LogP) is 7.65. The van der Waals surface area contributed by atoms with E-state index in [-0.39, 0.29) is 22.5 Å². The monoisotopic (exact) mass is 819 g/mol. The Morgan fingerprint density at radius 1 is 0.690 bits per heavy atom. The van der Waals surface area contributed by atoms with Gasteiger partial charge in [-0.25, -0.2) is 4.79 Å². The Bertz CT molecular complexity index is 2700. The molecule has 58 heavy (non-hydrogen) atoms. The number of fused-ring (bicyclic) bond motifs is 8. The van der Waals surface area contributed by atoms with Crippen molar-refractivity contribution in [1.82, 2.24) is 19.9 Å². The molecule has 7 rings (SSSR count). The summed E-state index contributed by atoms with van der Waals surface area (Å²) in [6.07, 6.45) is 1.20. The van der Waals surface area contributed by atoms with Crippen LogP contribution in [0.15, 0.2) is 66.7 Å². The summed E-state index contributed by atoms with van der Waals surface area (Å²) in [6, 6.07) is 22.0. The third kappa shape index (κ3) is 8.09. The Labute approximate surface area is 352 Å². The minimum atomic E-state index is -0.523. The van der Waals surface area contributed by atoms with E-state index >= 15 is 0 Å². The number of ether oxygens (including phenoxy) is 2. The molecule has 0 saturated heterocycles. The van der Waals surface area contributed by atoms with Gasteiger partial charge < -0.3 is 29.2 Å². The van der Waals surface area contributed by atoms with E-state index in [4.69, 9.17) is 29.4 Å². The van der Waals surface area contributed by atoms with Gasteiger partial charge in [0.15, 0.2) is 0 Å². The normalized spacial score (nSPS) is 13.6. The van der Waals surface area contributed by atoms with Crippen LogP contribution < -0.4 is 24.5 Å². The van der Waals surface area contributed by atoms with Crippen LogP contribution in [0.25, 0.3) is 22.1 Å². The summed E-state index contributed by atoms with van der Waals surface area (Å²) in [4.78, 5) is 38.4. The van der Waals surface area contributed by atoms with Crippen molar-refractivity contribution < 1.29 is 31.3 Å². The van der Waals surface area contributed by atoms with Crippen molar-refractivity contribution in [3.8, 4) is 29.4 Å². The molecular weight excluding hydrogens is 772 g/mol. The molecule has 0 aliphatic carbocycles. The van der Waals surface area contributed by atoms with Crippen molar-refractivity contribution in [1.29, 1.82) is 0 Å². The van der Waals surface area contributed by atoms with Gasteiger partial charge >= 0.3 is 23.0 Å². The third-order valence-corrected chi connectivity index (χ3v) is 10.7. The standard InChI is InChI=1S/C48H49N6O3.Cu/c1-29-35(22-16-30-12-18-33(19-13-30)53(6)7)37-25-41-47(2,3)27-32(49-41)24-39-43(46(55)57-11)36(23-17-31-14-20-34(21-15-31)54(8)9)38(50-39)26-42-48(4,5)28-40(51-42)45(56-10)44(29)52-37;/h12-15,18-21,24-26H,27-28H2,1-11H3,(H-,49,50,51,52,55);/q-1;+2/p-1. The van der Waals surface area contributed by atoms with E-state index < -0.39 is 11.4 Å². The first-order valence-electron chi connectivity index (χ1n) is 19.0. The molecule has 2 aliphatic heterocycles. The number of rotatable bonds is 4. The zero-order valence-corrected chi connectivity index (χ0v) is 35.9. The number of hydrogen-bond acceptors (Lipinski definition) is 7. The van der Waals surface area contributed by atoms with Crippen LogP contribution in [0.1, 0.15) is 88.6 Å². The molecule has 2 aromatic carbocycles. The van der Waals surface area contributed by atoms with E-state index in [0.717, 1.165) is 56.4 Å². The third-order valence-electron chi connectivity index (χ3n) is 10.7. The molecule has 1 radical (unpaired) electrons. The summed E-state index contributed by atoms with van der Waals surface area (Å²) in [6.45, 7) is 10.6. The maximum absolute atomic E-state index is 13.7. The minimum absolute atomic E-state index is 0. The number of esters is 1. The van der Waals surface area contributed by atoms with Gasteiger partial charge in [-0.2, -0.15) is 0 Å². The number of carbonyl (C=O) groups excluding carboxylic acids is 1. The molecular formula is C48H48CuN6O3. The zero-order valence-electron chi connectivity index (χ0n) is 35.0. The minimum Gasteiger partial charge on any atom is -0.656 e. The van der Waals surface area contributed by atoms with E-state index in [1.807, 2.05) is 94.6 Å². The molecule has 0 N–H and O–H groups in total. The van der Waals surface area contributed by atoms with Crippen LogP contribution in [-0.2, 0) is 45.5 Å². The number of benzene rings is 2. The average Bonchev–Trinajstić information content (AvgIpc) is 3.85. The topological polar surface area (TPSA) is 96.0 Å². The molecule has 10 heteroatoms. The Hall–Kier alpha value is -5.93. The average molecular weight is 820 g/mol. The fraction of sp³-hybridized carbons (Fsp3) is 0.312. The van der Waals surface area contributed by atoms with Crippen LogP contribution in [0.5, 0.6) is 5.75 Å². The second-order valence-electron chi connectivity index (χ2n) is 16.4. The molecule has 0 amide bonds. The number of aromatic nitrogens is 4. The van der Waals surface area contributed by atoms with Crippen molar-refractivity contribution in [2.75, 3.05) is 52.2 Å². The van der Waals surface area contributed by atoms with Crippen LogP contribution in [0.4, 0.5) is 11.4 Å². The first-order chi connectivity index (χ1) is 27.1. The van der Waals surface area contributed by atoms with Crippen molar-refractivity contribution in [3.63, 3.8) is 0 Å². The summed E-state index contributed by atoms with van der Waals surface area (Å²) in [5.74, 6) is 13.5. The molecule has 0 saturated carbocycles. The molecule has 2 aliphatic rings. The first-order valence-corrected chi connectivity index (χ1v) is 19.0. The molecule has 9 nitrogen and oxygen atoms in total. The van der Waals surface area contributed by atoms with Crippen molar-refractivity contribution in [3.05, 3.63) is 123 Å². The van der Waals surface area contributed by atoms with Gasteiger partial charge in [-0.1, -0.05) is 75.1 Å². The maximum Gasteiger partial charge on any atom is 2.00 e. The molecule has 5 aromatic rings. The molecule has 0 atom stereocenters. The van der Waals surface area contributed by atoms with Crippen LogP contribution in [-0.4, -0.2) is 58.3 Å². The second kappa shape index (κ2) is 16.1. The largest absolute Gasteiger partial charge is 2.00 e. The number of methoxy groups -OCH3 is 2. The van der Waals surface area contributed by atoms with E-state index in [1.165, 1.54) is 7.11 Å². The molecule has 299 valence electrons. The molecule has 3 aromatic heterocycles. The fourth-order valence-electron chi connectivity index (χ4n) is 7.32.